The number of benzene rings is 4. The molecule has 0 saturated heterocycles. The second-order valence-corrected chi connectivity index (χ2v) is 10.5. The Morgan fingerprint density at radius 1 is 0.956 bits per heavy atom. The van der Waals surface area contributed by atoms with Crippen LogP contribution in [0.4, 0.5) is 4.39 Å². The number of halogens is 4. The minimum atomic E-state index is -0.938. The van der Waals surface area contributed by atoms with Crippen molar-refractivity contribution in [3.63, 3.8) is 0 Å². The first-order chi connectivity index (χ1) is 21.4. The standard InChI is InChI=1S/C32H28Cl2FN3O6.ClH/c1-2-41-32(40)28(16-39)36-15-22-13-25(33)30(14-29(22)42-17-19-9-10-26-27(11-19)38-44-37-26)43-18-21-6-4-8-24(31(21)34)20-5-3-7-23(35)12-20;/h3-14,28,36,39H,2,15-18H2,1H3;1H. The van der Waals surface area contributed by atoms with Crippen molar-refractivity contribution in [2.45, 2.75) is 32.7 Å². The highest BCUT2D eigenvalue weighted by molar-refractivity contribution is 6.34. The molecule has 5 rings (SSSR count). The van der Waals surface area contributed by atoms with Crippen molar-refractivity contribution < 1.29 is 33.1 Å². The number of rotatable bonds is 13. The van der Waals surface area contributed by atoms with Crippen molar-refractivity contribution in [1.29, 1.82) is 0 Å². The molecule has 45 heavy (non-hydrogen) atoms. The molecule has 0 saturated carbocycles. The van der Waals surface area contributed by atoms with Gasteiger partial charge in [0.05, 0.1) is 23.3 Å². The van der Waals surface area contributed by atoms with E-state index in [1.54, 1.807) is 43.3 Å². The molecule has 236 valence electrons. The van der Waals surface area contributed by atoms with Gasteiger partial charge in [-0.25, -0.2) is 9.02 Å². The Morgan fingerprint density at radius 3 is 2.51 bits per heavy atom. The quantitative estimate of drug-likeness (QED) is 0.128. The Bertz CT molecular complexity index is 1770. The number of esters is 1. The van der Waals surface area contributed by atoms with Gasteiger partial charge in [0.2, 0.25) is 0 Å². The number of aliphatic hydroxyl groups excluding tert-OH is 1. The molecule has 9 nitrogen and oxygen atoms in total. The van der Waals surface area contributed by atoms with Crippen molar-refractivity contribution in [2.75, 3.05) is 13.2 Å². The summed E-state index contributed by atoms with van der Waals surface area (Å²) < 4.78 is 35.9. The summed E-state index contributed by atoms with van der Waals surface area (Å²) in [5, 5.41) is 21.1. The maximum Gasteiger partial charge on any atom is 0.325 e. The van der Waals surface area contributed by atoms with Gasteiger partial charge in [0, 0.05) is 29.3 Å². The van der Waals surface area contributed by atoms with E-state index < -0.39 is 18.6 Å². The summed E-state index contributed by atoms with van der Waals surface area (Å²) in [6, 6.07) is 19.4. The highest BCUT2D eigenvalue weighted by Gasteiger charge is 2.20. The van der Waals surface area contributed by atoms with Crippen LogP contribution in [0, 0.1) is 5.82 Å². The molecule has 0 bridgehead atoms. The van der Waals surface area contributed by atoms with E-state index in [4.69, 9.17) is 42.0 Å². The van der Waals surface area contributed by atoms with E-state index >= 15 is 0 Å². The average molecular weight is 677 g/mol. The first-order valence-electron chi connectivity index (χ1n) is 13.7. The van der Waals surface area contributed by atoms with Crippen molar-refractivity contribution in [1.82, 2.24) is 15.6 Å². The Morgan fingerprint density at radius 2 is 1.73 bits per heavy atom. The molecule has 0 radical (unpaired) electrons. The minimum absolute atomic E-state index is 0. The first-order valence-corrected chi connectivity index (χ1v) is 14.4. The predicted molar refractivity (Wildman–Crippen MR) is 170 cm³/mol. The smallest absolute Gasteiger partial charge is 0.325 e. The summed E-state index contributed by atoms with van der Waals surface area (Å²) in [6.45, 7) is 1.79. The van der Waals surface area contributed by atoms with Gasteiger partial charge in [-0.05, 0) is 58.7 Å². The normalized spacial score (nSPS) is 11.6. The van der Waals surface area contributed by atoms with Gasteiger partial charge in [0.15, 0.2) is 0 Å². The molecular weight excluding hydrogens is 648 g/mol. The molecule has 0 amide bonds. The molecule has 4 aromatic carbocycles. The van der Waals surface area contributed by atoms with Crippen molar-refractivity contribution in [2.24, 2.45) is 0 Å². The van der Waals surface area contributed by atoms with Crippen LogP contribution in [-0.4, -0.2) is 40.6 Å². The maximum absolute atomic E-state index is 13.8. The Labute approximate surface area is 274 Å². The van der Waals surface area contributed by atoms with Gasteiger partial charge in [-0.15, -0.1) is 12.4 Å². The number of carbonyl (C=O) groups excluding carboxylic acids is 1. The van der Waals surface area contributed by atoms with Gasteiger partial charge in [-0.2, -0.15) is 0 Å². The summed E-state index contributed by atoms with van der Waals surface area (Å²) in [6.07, 6.45) is 0. The van der Waals surface area contributed by atoms with Crippen LogP contribution in [0.2, 0.25) is 10.0 Å². The molecule has 0 aliphatic carbocycles. The number of ether oxygens (including phenoxy) is 3. The number of fused-ring (bicyclic) bond motifs is 1. The molecule has 1 atom stereocenters. The first kappa shape index (κ1) is 34.0. The SMILES string of the molecule is CCOC(=O)C(CO)NCc1cc(Cl)c(OCc2cccc(-c3cccc(F)c3)c2Cl)cc1OCc1ccc2nonc2c1.Cl. The summed E-state index contributed by atoms with van der Waals surface area (Å²) in [5.74, 6) is -0.178. The van der Waals surface area contributed by atoms with Gasteiger partial charge in [0.25, 0.3) is 0 Å². The number of nitrogens with zero attached hydrogens (tertiary/aromatic N) is 2. The summed E-state index contributed by atoms with van der Waals surface area (Å²) >= 11 is 13.3. The molecule has 13 heteroatoms. The number of nitrogens with one attached hydrogen (secondary N) is 1. The number of aromatic nitrogens is 2. The zero-order chi connectivity index (χ0) is 31.1. The molecule has 0 aliphatic heterocycles. The Hall–Kier alpha value is -3.93. The van der Waals surface area contributed by atoms with Gasteiger partial charge in [-0.1, -0.05) is 59.6 Å². The van der Waals surface area contributed by atoms with Crippen molar-refractivity contribution >= 4 is 52.6 Å². The van der Waals surface area contributed by atoms with E-state index in [1.807, 2.05) is 24.3 Å². The van der Waals surface area contributed by atoms with Crippen LogP contribution in [0.1, 0.15) is 23.6 Å². The summed E-state index contributed by atoms with van der Waals surface area (Å²) in [7, 11) is 0. The number of carbonyl (C=O) groups is 1. The van der Waals surface area contributed by atoms with E-state index in [2.05, 4.69) is 15.6 Å². The van der Waals surface area contributed by atoms with Crippen LogP contribution >= 0.6 is 35.6 Å². The Kier molecular flexibility index (Phi) is 12.0. The van der Waals surface area contributed by atoms with E-state index in [9.17, 15) is 14.3 Å². The maximum atomic E-state index is 13.8. The minimum Gasteiger partial charge on any atom is -0.488 e. The molecule has 1 heterocycles. The van der Waals surface area contributed by atoms with Crippen LogP contribution in [-0.2, 0) is 29.3 Å². The molecule has 2 N–H and O–H groups in total. The highest BCUT2D eigenvalue weighted by Crippen LogP contribution is 2.36. The third-order valence-electron chi connectivity index (χ3n) is 6.72. The zero-order valence-corrected chi connectivity index (χ0v) is 26.3. The molecule has 0 fully saturated rings. The lowest BCUT2D eigenvalue weighted by atomic mass is 10.0. The van der Waals surface area contributed by atoms with E-state index in [-0.39, 0.29) is 44.6 Å². The Balaban J connectivity index is 0.00000461. The van der Waals surface area contributed by atoms with E-state index in [0.29, 0.717) is 54.8 Å². The van der Waals surface area contributed by atoms with Crippen molar-refractivity contribution in [3.05, 3.63) is 105 Å². The van der Waals surface area contributed by atoms with Crippen LogP contribution in [0.5, 0.6) is 11.5 Å². The van der Waals surface area contributed by atoms with Crippen LogP contribution in [0.25, 0.3) is 22.2 Å². The number of hydrogen-bond donors (Lipinski definition) is 2. The van der Waals surface area contributed by atoms with Crippen molar-refractivity contribution in [3.8, 4) is 22.6 Å². The lowest BCUT2D eigenvalue weighted by Gasteiger charge is -2.19. The van der Waals surface area contributed by atoms with Gasteiger partial charge < -0.3 is 19.3 Å². The number of hydrogen-bond acceptors (Lipinski definition) is 9. The third-order valence-corrected chi connectivity index (χ3v) is 7.46. The van der Waals surface area contributed by atoms with E-state index in [1.165, 1.54) is 12.1 Å². The van der Waals surface area contributed by atoms with Gasteiger partial charge in [-0.3, -0.25) is 10.1 Å². The third kappa shape index (κ3) is 8.42. The topological polar surface area (TPSA) is 116 Å². The lowest BCUT2D eigenvalue weighted by Crippen LogP contribution is -2.40. The fourth-order valence-corrected chi connectivity index (χ4v) is 4.99. The van der Waals surface area contributed by atoms with E-state index in [0.717, 1.165) is 5.56 Å². The largest absolute Gasteiger partial charge is 0.488 e. The van der Waals surface area contributed by atoms with Crippen LogP contribution in [0.15, 0.2) is 77.4 Å². The monoisotopic (exact) mass is 675 g/mol. The van der Waals surface area contributed by atoms with Gasteiger partial charge >= 0.3 is 5.97 Å². The molecule has 1 unspecified atom stereocenters. The average Bonchev–Trinajstić information content (AvgIpc) is 3.49. The second-order valence-electron chi connectivity index (χ2n) is 9.71. The molecule has 5 aromatic rings. The number of aliphatic hydroxyl groups is 1. The fraction of sp³-hybridized carbons (Fsp3) is 0.219. The molecular formula is C32H29Cl3FN3O6. The summed E-state index contributed by atoms with van der Waals surface area (Å²) in [4.78, 5) is 12.2. The molecule has 1 aromatic heterocycles. The molecule has 0 spiro atoms. The van der Waals surface area contributed by atoms with Crippen LogP contribution < -0.4 is 14.8 Å². The summed E-state index contributed by atoms with van der Waals surface area (Å²) in [5.41, 5.74) is 4.62. The fourth-order valence-electron chi connectivity index (χ4n) is 4.46. The second kappa shape index (κ2) is 15.9. The molecule has 0 aliphatic rings. The zero-order valence-electron chi connectivity index (χ0n) is 24.0. The predicted octanol–water partition coefficient (Wildman–Crippen LogP) is 6.93. The lowest BCUT2D eigenvalue weighted by molar-refractivity contribution is -0.146. The van der Waals surface area contributed by atoms with Crippen LogP contribution in [0.3, 0.4) is 0 Å². The van der Waals surface area contributed by atoms with Gasteiger partial charge in [0.1, 0.15) is 47.6 Å². The highest BCUT2D eigenvalue weighted by atomic mass is 35.5.